The van der Waals surface area contributed by atoms with Gasteiger partial charge in [-0.3, -0.25) is 4.79 Å². The fraction of sp³-hybridized carbons (Fsp3) is 0.800. The predicted octanol–water partition coefficient (Wildman–Crippen LogP) is -0.127. The molecule has 92 valence electrons. The third kappa shape index (κ3) is 3.37. The van der Waals surface area contributed by atoms with Crippen LogP contribution in [0.2, 0.25) is 0 Å². The van der Waals surface area contributed by atoms with E-state index >= 15 is 0 Å². The number of nitrogens with zero attached hydrogens (tertiary/aromatic N) is 1. The minimum absolute atomic E-state index is 0.154. The number of hydrogen-bond donors (Lipinski definition) is 3. The Morgan fingerprint density at radius 1 is 1.44 bits per heavy atom. The molecule has 0 aromatic carbocycles. The molecule has 1 heterocycles. The van der Waals surface area contributed by atoms with Crippen molar-refractivity contribution in [2.24, 2.45) is 5.92 Å². The first kappa shape index (κ1) is 12.8. The Bertz CT molecular complexity index is 262. The number of aliphatic hydroxyl groups is 1. The van der Waals surface area contributed by atoms with Gasteiger partial charge < -0.3 is 20.4 Å². The van der Waals surface area contributed by atoms with Gasteiger partial charge in [0.2, 0.25) is 0 Å². The van der Waals surface area contributed by atoms with Gasteiger partial charge in [-0.25, -0.2) is 4.79 Å². The lowest BCUT2D eigenvalue weighted by molar-refractivity contribution is -0.138. The number of carboxylic acid groups (broad SMARTS) is 1. The van der Waals surface area contributed by atoms with E-state index in [1.807, 2.05) is 0 Å². The zero-order valence-corrected chi connectivity index (χ0v) is 9.35. The van der Waals surface area contributed by atoms with Gasteiger partial charge in [-0.1, -0.05) is 0 Å². The molecule has 0 aromatic rings. The summed E-state index contributed by atoms with van der Waals surface area (Å²) < 4.78 is 0. The minimum Gasteiger partial charge on any atom is -0.480 e. The second-order valence-electron chi connectivity index (χ2n) is 4.12. The summed E-state index contributed by atoms with van der Waals surface area (Å²) in [5, 5.41) is 20.0. The molecule has 1 aliphatic rings. The van der Waals surface area contributed by atoms with E-state index < -0.39 is 12.0 Å². The minimum atomic E-state index is -1.04. The molecule has 16 heavy (non-hydrogen) atoms. The second kappa shape index (κ2) is 5.69. The largest absolute Gasteiger partial charge is 0.480 e. The van der Waals surface area contributed by atoms with Crippen LogP contribution in [-0.2, 0) is 4.79 Å². The third-order valence-electron chi connectivity index (χ3n) is 2.87. The van der Waals surface area contributed by atoms with Crippen molar-refractivity contribution in [1.82, 2.24) is 10.2 Å². The highest BCUT2D eigenvalue weighted by molar-refractivity contribution is 5.82. The van der Waals surface area contributed by atoms with E-state index in [1.54, 1.807) is 4.90 Å². The quantitative estimate of drug-likeness (QED) is 0.630. The van der Waals surface area contributed by atoms with Crippen molar-refractivity contribution >= 4 is 12.0 Å². The standard InChI is InChI=1S/C10H18N2O4/c1-7(9(14)15)11-10(16)12-4-2-8(6-13)3-5-12/h7-8,13H,2-6H2,1H3,(H,11,16)(H,14,15)/t7-/m0/s1. The molecule has 0 aliphatic carbocycles. The van der Waals surface area contributed by atoms with Crippen molar-refractivity contribution in [3.63, 3.8) is 0 Å². The van der Waals surface area contributed by atoms with Crippen molar-refractivity contribution in [2.45, 2.75) is 25.8 Å². The summed E-state index contributed by atoms with van der Waals surface area (Å²) in [4.78, 5) is 23.7. The summed E-state index contributed by atoms with van der Waals surface area (Å²) in [5.74, 6) is -0.778. The molecule has 0 bridgehead atoms. The molecular weight excluding hydrogens is 212 g/mol. The van der Waals surface area contributed by atoms with Gasteiger partial charge in [0.1, 0.15) is 6.04 Å². The van der Waals surface area contributed by atoms with Crippen LogP contribution in [0.25, 0.3) is 0 Å². The first-order valence-electron chi connectivity index (χ1n) is 5.43. The smallest absolute Gasteiger partial charge is 0.325 e. The Morgan fingerprint density at radius 3 is 2.44 bits per heavy atom. The Morgan fingerprint density at radius 2 is 2.00 bits per heavy atom. The predicted molar refractivity (Wildman–Crippen MR) is 57.0 cm³/mol. The van der Waals surface area contributed by atoms with E-state index in [1.165, 1.54) is 6.92 Å². The number of nitrogens with one attached hydrogen (secondary N) is 1. The monoisotopic (exact) mass is 230 g/mol. The van der Waals surface area contributed by atoms with Gasteiger partial charge in [-0.05, 0) is 25.7 Å². The van der Waals surface area contributed by atoms with Crippen LogP contribution in [0.5, 0.6) is 0 Å². The third-order valence-corrected chi connectivity index (χ3v) is 2.87. The maximum Gasteiger partial charge on any atom is 0.325 e. The summed E-state index contributed by atoms with van der Waals surface area (Å²) in [5.41, 5.74) is 0. The van der Waals surface area contributed by atoms with Crippen molar-refractivity contribution in [2.75, 3.05) is 19.7 Å². The Labute approximate surface area is 94.2 Å². The van der Waals surface area contributed by atoms with Gasteiger partial charge in [-0.15, -0.1) is 0 Å². The Balaban J connectivity index is 2.36. The lowest BCUT2D eigenvalue weighted by Crippen LogP contribution is -2.49. The number of carboxylic acids is 1. The number of likely N-dealkylation sites (tertiary alicyclic amines) is 1. The molecule has 1 atom stereocenters. The molecule has 0 saturated carbocycles. The normalized spacial score (nSPS) is 19.2. The number of piperidine rings is 1. The van der Waals surface area contributed by atoms with Gasteiger partial charge in [0.15, 0.2) is 0 Å². The zero-order valence-electron chi connectivity index (χ0n) is 9.35. The molecule has 1 saturated heterocycles. The number of carbonyl (C=O) groups is 2. The van der Waals surface area contributed by atoms with E-state index in [4.69, 9.17) is 10.2 Å². The van der Waals surface area contributed by atoms with Crippen LogP contribution in [0, 0.1) is 5.92 Å². The highest BCUT2D eigenvalue weighted by Crippen LogP contribution is 2.16. The molecule has 6 heteroatoms. The molecule has 1 aliphatic heterocycles. The average Bonchev–Trinajstić information content (AvgIpc) is 2.28. The molecule has 3 N–H and O–H groups in total. The lowest BCUT2D eigenvalue weighted by Gasteiger charge is -2.31. The van der Waals surface area contributed by atoms with Crippen LogP contribution in [0.15, 0.2) is 0 Å². The van der Waals surface area contributed by atoms with Gasteiger partial charge in [0.05, 0.1) is 0 Å². The Kier molecular flexibility index (Phi) is 4.54. The van der Waals surface area contributed by atoms with E-state index in [9.17, 15) is 9.59 Å². The van der Waals surface area contributed by atoms with Crippen LogP contribution in [0.1, 0.15) is 19.8 Å². The summed E-state index contributed by atoms with van der Waals surface area (Å²) >= 11 is 0. The maximum atomic E-state index is 11.6. The van der Waals surface area contributed by atoms with Crippen molar-refractivity contribution in [3.8, 4) is 0 Å². The first-order valence-corrected chi connectivity index (χ1v) is 5.43. The second-order valence-corrected chi connectivity index (χ2v) is 4.12. The van der Waals surface area contributed by atoms with Crippen LogP contribution >= 0.6 is 0 Å². The summed E-state index contributed by atoms with van der Waals surface area (Å²) in [6.45, 7) is 2.73. The van der Waals surface area contributed by atoms with Crippen LogP contribution in [0.4, 0.5) is 4.79 Å². The summed E-state index contributed by atoms with van der Waals surface area (Å²) in [7, 11) is 0. The molecule has 1 fully saturated rings. The summed E-state index contributed by atoms with van der Waals surface area (Å²) in [6, 6.07) is -1.21. The number of carbonyl (C=O) groups excluding carboxylic acids is 1. The molecule has 0 spiro atoms. The molecular formula is C10H18N2O4. The molecule has 1 rings (SSSR count). The van der Waals surface area contributed by atoms with Gasteiger partial charge in [-0.2, -0.15) is 0 Å². The van der Waals surface area contributed by atoms with E-state index in [0.29, 0.717) is 13.1 Å². The summed E-state index contributed by atoms with van der Waals surface area (Å²) in [6.07, 6.45) is 1.54. The molecule has 0 radical (unpaired) electrons. The number of aliphatic carboxylic acids is 1. The highest BCUT2D eigenvalue weighted by atomic mass is 16.4. The van der Waals surface area contributed by atoms with Crippen molar-refractivity contribution < 1.29 is 19.8 Å². The van der Waals surface area contributed by atoms with E-state index in [-0.39, 0.29) is 18.6 Å². The lowest BCUT2D eigenvalue weighted by atomic mass is 9.98. The number of hydrogen-bond acceptors (Lipinski definition) is 3. The molecule has 6 nitrogen and oxygen atoms in total. The average molecular weight is 230 g/mol. The number of aliphatic hydroxyl groups excluding tert-OH is 1. The van der Waals surface area contributed by atoms with Crippen LogP contribution < -0.4 is 5.32 Å². The first-order chi connectivity index (χ1) is 7.54. The zero-order chi connectivity index (χ0) is 12.1. The van der Waals surface area contributed by atoms with Gasteiger partial charge >= 0.3 is 12.0 Å². The van der Waals surface area contributed by atoms with E-state index in [2.05, 4.69) is 5.32 Å². The highest BCUT2D eigenvalue weighted by Gasteiger charge is 2.24. The van der Waals surface area contributed by atoms with Gasteiger partial charge in [0.25, 0.3) is 0 Å². The fourth-order valence-corrected chi connectivity index (χ4v) is 1.66. The topological polar surface area (TPSA) is 89.9 Å². The molecule has 0 unspecified atom stereocenters. The number of urea groups is 1. The van der Waals surface area contributed by atoms with E-state index in [0.717, 1.165) is 12.8 Å². The van der Waals surface area contributed by atoms with Crippen molar-refractivity contribution in [3.05, 3.63) is 0 Å². The number of amides is 2. The molecule has 0 aromatic heterocycles. The molecule has 2 amide bonds. The van der Waals surface area contributed by atoms with Gasteiger partial charge in [0, 0.05) is 19.7 Å². The van der Waals surface area contributed by atoms with Crippen molar-refractivity contribution in [1.29, 1.82) is 0 Å². The van der Waals surface area contributed by atoms with Crippen LogP contribution in [0.3, 0.4) is 0 Å². The number of rotatable bonds is 3. The fourth-order valence-electron chi connectivity index (χ4n) is 1.66. The Hall–Kier alpha value is -1.30. The maximum absolute atomic E-state index is 11.6. The SMILES string of the molecule is C[C@H](NC(=O)N1CCC(CO)CC1)C(=O)O. The van der Waals surface area contributed by atoms with Crippen LogP contribution in [-0.4, -0.2) is 52.9 Å².